The quantitative estimate of drug-likeness (QED) is 0.194. The number of esters is 1. The van der Waals surface area contributed by atoms with Crippen molar-refractivity contribution in [2.24, 2.45) is 0 Å². The molecule has 37 heavy (non-hydrogen) atoms. The molecule has 2 aliphatic heterocycles. The Labute approximate surface area is 225 Å². The van der Waals surface area contributed by atoms with Gasteiger partial charge in [-0.1, -0.05) is 23.9 Å². The number of carboxylic acid groups (broad SMARTS) is 1. The number of thioether (sulfide) groups is 2. The first-order valence-electron chi connectivity index (χ1n) is 11.4. The molecule has 2 atom stereocenters. The number of aryl methyl sites for hydroxylation is 1. The Morgan fingerprint density at radius 3 is 2.78 bits per heavy atom. The van der Waals surface area contributed by atoms with E-state index in [9.17, 15) is 24.3 Å². The van der Waals surface area contributed by atoms with Gasteiger partial charge in [-0.3, -0.25) is 14.5 Å². The molecule has 0 aliphatic carbocycles. The van der Waals surface area contributed by atoms with Gasteiger partial charge in [0.05, 0.1) is 18.1 Å². The normalized spacial score (nSPS) is 19.0. The zero-order chi connectivity index (χ0) is 26.5. The number of fused-ring (bicyclic) bond motifs is 1. The van der Waals surface area contributed by atoms with Gasteiger partial charge in [-0.15, -0.1) is 23.1 Å². The Hall–Kier alpha value is -3.16. The van der Waals surface area contributed by atoms with Crippen molar-refractivity contribution in [1.82, 2.24) is 15.2 Å². The van der Waals surface area contributed by atoms with Gasteiger partial charge in [-0.25, -0.2) is 19.1 Å². The highest BCUT2D eigenvalue weighted by molar-refractivity contribution is 8.01. The number of aromatic nitrogens is 2. The topological polar surface area (TPSA) is 130 Å². The Kier molecular flexibility index (Phi) is 8.67. The molecular weight excluding hydrogens is 536 g/mol. The minimum absolute atomic E-state index is 0.00313. The van der Waals surface area contributed by atoms with Crippen LogP contribution in [-0.4, -0.2) is 68.3 Å². The van der Waals surface area contributed by atoms with Gasteiger partial charge >= 0.3 is 11.9 Å². The zero-order valence-electron chi connectivity index (χ0n) is 20.1. The summed E-state index contributed by atoms with van der Waals surface area (Å²) in [5.74, 6) is -2.04. The van der Waals surface area contributed by atoms with Crippen LogP contribution in [0.3, 0.4) is 0 Å². The minimum atomic E-state index is -1.18. The molecule has 2 aliphatic rings. The summed E-state index contributed by atoms with van der Waals surface area (Å²) in [5.41, 5.74) is 1.04. The lowest BCUT2D eigenvalue weighted by Crippen LogP contribution is -2.70. The Morgan fingerprint density at radius 1 is 1.32 bits per heavy atom. The fourth-order valence-electron chi connectivity index (χ4n) is 3.81. The van der Waals surface area contributed by atoms with Crippen molar-refractivity contribution in [1.29, 1.82) is 0 Å². The van der Waals surface area contributed by atoms with Crippen LogP contribution in [0.2, 0.25) is 0 Å². The highest BCUT2D eigenvalue weighted by atomic mass is 32.2. The molecule has 0 saturated carbocycles. The second-order valence-electron chi connectivity index (χ2n) is 8.01. The number of aliphatic carboxylic acids is 1. The summed E-state index contributed by atoms with van der Waals surface area (Å²) >= 11 is 3.73. The van der Waals surface area contributed by atoms with E-state index in [1.807, 2.05) is 41.2 Å². The first-order valence-corrected chi connectivity index (χ1v) is 14.2. The van der Waals surface area contributed by atoms with Crippen LogP contribution < -0.4 is 9.88 Å². The molecule has 4 heterocycles. The maximum absolute atomic E-state index is 12.8. The van der Waals surface area contributed by atoms with Crippen molar-refractivity contribution in [2.45, 2.75) is 36.1 Å². The molecule has 0 unspecified atom stereocenters. The number of carbonyl (C=O) groups is 4. The van der Waals surface area contributed by atoms with E-state index in [4.69, 9.17) is 4.74 Å². The summed E-state index contributed by atoms with van der Waals surface area (Å²) < 4.78 is 7.50. The second kappa shape index (κ2) is 11.9. The molecule has 10 nitrogen and oxygen atoms in total. The monoisotopic (exact) mass is 561 g/mol. The van der Waals surface area contributed by atoms with Crippen molar-refractivity contribution in [3.8, 4) is 0 Å². The molecule has 0 aromatic carbocycles. The first-order chi connectivity index (χ1) is 17.8. The average molecular weight is 562 g/mol. The van der Waals surface area contributed by atoms with Crippen LogP contribution in [0.15, 0.2) is 58.4 Å². The van der Waals surface area contributed by atoms with Crippen molar-refractivity contribution in [2.75, 3.05) is 18.1 Å². The fraction of sp³-hybridized carbons (Fsp3) is 0.333. The number of allylic oxidation sites excluding steroid dienone is 2. The van der Waals surface area contributed by atoms with Gasteiger partial charge in [0, 0.05) is 17.9 Å². The third kappa shape index (κ3) is 6.05. The summed E-state index contributed by atoms with van der Waals surface area (Å²) in [5, 5.41) is 12.0. The summed E-state index contributed by atoms with van der Waals surface area (Å²) in [6.07, 6.45) is 7.40. The molecule has 2 amide bonds. The third-order valence-corrected chi connectivity index (χ3v) is 9.08. The maximum Gasteiger partial charge on any atom is 0.352 e. The molecule has 1 saturated heterocycles. The average Bonchev–Trinajstić information content (AvgIpc) is 3.26. The molecule has 194 valence electrons. The van der Waals surface area contributed by atoms with E-state index in [0.717, 1.165) is 23.1 Å². The highest BCUT2D eigenvalue weighted by Gasteiger charge is 2.53. The molecule has 0 bridgehead atoms. The predicted octanol–water partition coefficient (Wildman–Crippen LogP) is 2.00. The number of nitrogens with zero attached hydrogens (tertiary/aromatic N) is 3. The van der Waals surface area contributed by atoms with Crippen molar-refractivity contribution < 1.29 is 33.6 Å². The summed E-state index contributed by atoms with van der Waals surface area (Å²) in [7, 11) is 0. The summed E-state index contributed by atoms with van der Waals surface area (Å²) in [6.45, 7) is 4.25. The number of rotatable bonds is 10. The van der Waals surface area contributed by atoms with Crippen LogP contribution in [0, 0.1) is 6.92 Å². The molecular formula is C24H25N4O6S3+. The number of carboxylic acids is 1. The Morgan fingerprint density at radius 2 is 2.08 bits per heavy atom. The molecule has 4 rings (SSSR count). The van der Waals surface area contributed by atoms with E-state index in [-0.39, 0.29) is 24.0 Å². The predicted molar refractivity (Wildman–Crippen MR) is 139 cm³/mol. The number of β-lactam (4-membered cyclic amide) rings is 1. The number of hydrogen-bond donors (Lipinski definition) is 2. The number of thiazole rings is 1. The SMILES string of the molecule is CCOC(=O)c1sc(SCC(=O)N[C@@H]2C(=O)N3C(C(=O)O)=C(C=CC[n+]4ccccc4)CS[C@H]23)nc1C. The lowest BCUT2D eigenvalue weighted by atomic mass is 10.0. The van der Waals surface area contributed by atoms with Crippen molar-refractivity contribution in [3.05, 3.63) is 64.6 Å². The van der Waals surface area contributed by atoms with E-state index < -0.39 is 29.3 Å². The second-order valence-corrected chi connectivity index (χ2v) is 11.3. The number of nitrogens with one attached hydrogen (secondary N) is 1. The van der Waals surface area contributed by atoms with Gasteiger partial charge in [0.15, 0.2) is 23.3 Å². The Balaban J connectivity index is 1.35. The van der Waals surface area contributed by atoms with Crippen LogP contribution in [0.4, 0.5) is 0 Å². The third-order valence-electron chi connectivity index (χ3n) is 5.49. The van der Waals surface area contributed by atoms with E-state index in [0.29, 0.717) is 32.8 Å². The smallest absolute Gasteiger partial charge is 0.352 e. The summed E-state index contributed by atoms with van der Waals surface area (Å²) in [6, 6.07) is 4.92. The van der Waals surface area contributed by atoms with Gasteiger partial charge in [0.2, 0.25) is 5.91 Å². The molecule has 0 radical (unpaired) electrons. The zero-order valence-corrected chi connectivity index (χ0v) is 22.5. The molecule has 2 aromatic rings. The van der Waals surface area contributed by atoms with Gasteiger partial charge in [0.1, 0.15) is 22.0 Å². The largest absolute Gasteiger partial charge is 0.477 e. The van der Waals surface area contributed by atoms with E-state index in [2.05, 4.69) is 10.3 Å². The minimum Gasteiger partial charge on any atom is -0.477 e. The standard InChI is InChI=1S/C24H24N4O6S3/c1-3-34-23(33)19-14(2)25-24(37-19)36-13-16(29)26-17-20(30)28-18(22(31)32)15(12-35-21(17)28)8-7-11-27-9-5-4-6-10-27/h4-10,17,21H,3,11-13H2,1-2H3,(H-,26,29,31,32)/p+1/t17-,21-/m1/s1. The van der Waals surface area contributed by atoms with Gasteiger partial charge in [0.25, 0.3) is 5.91 Å². The fourth-order valence-corrected chi connectivity index (χ4v) is 7.02. The van der Waals surface area contributed by atoms with E-state index >= 15 is 0 Å². The van der Waals surface area contributed by atoms with Gasteiger partial charge in [-0.2, -0.15) is 0 Å². The Bertz CT molecular complexity index is 1280. The van der Waals surface area contributed by atoms with Crippen LogP contribution in [-0.2, 0) is 25.7 Å². The number of pyridine rings is 1. The maximum atomic E-state index is 12.8. The molecule has 2 N–H and O–H groups in total. The lowest BCUT2D eigenvalue weighted by Gasteiger charge is -2.49. The van der Waals surface area contributed by atoms with E-state index in [1.54, 1.807) is 19.9 Å². The number of amides is 2. The molecule has 0 spiro atoms. The van der Waals surface area contributed by atoms with Gasteiger partial charge < -0.3 is 15.2 Å². The highest BCUT2D eigenvalue weighted by Crippen LogP contribution is 2.40. The number of carbonyl (C=O) groups excluding carboxylic acids is 3. The van der Waals surface area contributed by atoms with Crippen LogP contribution in [0.1, 0.15) is 22.3 Å². The van der Waals surface area contributed by atoms with Crippen LogP contribution in [0.5, 0.6) is 0 Å². The van der Waals surface area contributed by atoms with Crippen LogP contribution in [0.25, 0.3) is 0 Å². The van der Waals surface area contributed by atoms with Crippen molar-refractivity contribution >= 4 is 58.6 Å². The molecule has 2 aromatic heterocycles. The van der Waals surface area contributed by atoms with Crippen molar-refractivity contribution in [3.63, 3.8) is 0 Å². The lowest BCUT2D eigenvalue weighted by molar-refractivity contribution is -0.687. The van der Waals surface area contributed by atoms with Gasteiger partial charge in [-0.05, 0) is 25.5 Å². The molecule has 13 heteroatoms. The first kappa shape index (κ1) is 26.9. The summed E-state index contributed by atoms with van der Waals surface area (Å²) in [4.78, 5) is 55.3. The van der Waals surface area contributed by atoms with Crippen LogP contribution >= 0.6 is 34.9 Å². The number of hydrogen-bond acceptors (Lipinski definition) is 9. The van der Waals surface area contributed by atoms with E-state index in [1.165, 1.54) is 16.7 Å². The number of ether oxygens (including phenoxy) is 1. The molecule has 1 fully saturated rings.